The summed E-state index contributed by atoms with van der Waals surface area (Å²) >= 11 is 4.82. The first-order chi connectivity index (χ1) is 8.14. The highest BCUT2D eigenvalue weighted by atomic mass is 32.5. The summed E-state index contributed by atoms with van der Waals surface area (Å²) in [5.74, 6) is 1.32. The fourth-order valence-corrected chi connectivity index (χ4v) is 5.45. The molecule has 0 bridgehead atoms. The zero-order valence-corrected chi connectivity index (χ0v) is 13.1. The molecule has 0 heterocycles. The predicted octanol–water partition coefficient (Wildman–Crippen LogP) is 1.63. The van der Waals surface area contributed by atoms with Crippen molar-refractivity contribution in [3.63, 3.8) is 0 Å². The van der Waals surface area contributed by atoms with Gasteiger partial charge in [0, 0.05) is 0 Å². The molecule has 0 spiro atoms. The fraction of sp³-hybridized carbons (Fsp3) is 1.00. The lowest BCUT2D eigenvalue weighted by Crippen LogP contribution is -2.45. The van der Waals surface area contributed by atoms with Crippen LogP contribution in [0.25, 0.3) is 0 Å². The number of rotatable bonds is 4. The van der Waals surface area contributed by atoms with Gasteiger partial charge in [-0.15, -0.1) is 0 Å². The van der Waals surface area contributed by atoms with Gasteiger partial charge in [0.15, 0.2) is 6.49 Å². The number of hydrogen-bond acceptors (Lipinski definition) is 3. The first-order valence-corrected chi connectivity index (χ1v) is 9.41. The molecule has 0 amide bonds. The summed E-state index contributed by atoms with van der Waals surface area (Å²) in [6.07, 6.45) is 1.80. The van der Waals surface area contributed by atoms with Crippen molar-refractivity contribution in [2.75, 3.05) is 0 Å². The van der Waals surface area contributed by atoms with Gasteiger partial charge in [0.2, 0.25) is 0 Å². The fourth-order valence-electron chi connectivity index (χ4n) is 3.37. The van der Waals surface area contributed by atoms with Crippen LogP contribution in [0, 0.1) is 23.7 Å². The van der Waals surface area contributed by atoms with Gasteiger partial charge in [0.05, 0.1) is 5.66 Å². The molecule has 1 rings (SSSR count). The first-order valence-electron chi connectivity index (χ1n) is 6.63. The molecule has 1 aliphatic rings. The van der Waals surface area contributed by atoms with Crippen molar-refractivity contribution in [1.29, 1.82) is 0 Å². The smallest absolute Gasteiger partial charge is 0.190 e. The Balaban J connectivity index is 3.01. The van der Waals surface area contributed by atoms with Crippen LogP contribution in [0.15, 0.2) is 0 Å². The van der Waals surface area contributed by atoms with Gasteiger partial charge in [-0.1, -0.05) is 27.2 Å². The van der Waals surface area contributed by atoms with Gasteiger partial charge in [-0.05, 0) is 48.3 Å². The summed E-state index contributed by atoms with van der Waals surface area (Å²) in [4.78, 5) is 19.7. The van der Waals surface area contributed by atoms with Gasteiger partial charge in [-0.3, -0.25) is 0 Å². The van der Waals surface area contributed by atoms with Crippen LogP contribution < -0.4 is 5.73 Å². The standard InChI is InChI=1S/C12H26NO3PS/c1-7(2)9-5-4-8(3)6-10(9)11(12(13)14)17(15,16)18/h7-12,14H,4-6,13H2,1-3H3,(H2,15,16,18). The van der Waals surface area contributed by atoms with E-state index in [1.54, 1.807) is 0 Å². The molecule has 0 aromatic rings. The average molecular weight is 295 g/mol. The zero-order valence-electron chi connectivity index (χ0n) is 11.4. The lowest BCUT2D eigenvalue weighted by atomic mass is 9.68. The van der Waals surface area contributed by atoms with Crippen LogP contribution >= 0.6 is 6.49 Å². The largest absolute Gasteiger partial charge is 0.378 e. The van der Waals surface area contributed by atoms with E-state index in [1.165, 1.54) is 0 Å². The maximum Gasteiger partial charge on any atom is 0.190 e. The minimum atomic E-state index is -3.55. The Morgan fingerprint density at radius 2 is 1.78 bits per heavy atom. The molecule has 1 aliphatic carbocycles. The topological polar surface area (TPSA) is 86.7 Å². The van der Waals surface area contributed by atoms with Crippen LogP contribution in [-0.4, -0.2) is 26.8 Å². The van der Waals surface area contributed by atoms with E-state index in [2.05, 4.69) is 20.8 Å². The molecule has 0 saturated heterocycles. The third-order valence-electron chi connectivity index (χ3n) is 4.25. The van der Waals surface area contributed by atoms with Gasteiger partial charge in [0.25, 0.3) is 0 Å². The normalized spacial score (nSPS) is 33.4. The molecule has 1 fully saturated rings. The third kappa shape index (κ3) is 3.99. The highest BCUT2D eigenvalue weighted by Crippen LogP contribution is 2.53. The van der Waals surface area contributed by atoms with Gasteiger partial charge in [0.1, 0.15) is 6.23 Å². The molecule has 4 nitrogen and oxygen atoms in total. The third-order valence-corrected chi connectivity index (χ3v) is 6.45. The van der Waals surface area contributed by atoms with E-state index < -0.39 is 18.4 Å². The Bertz CT molecular complexity index is 318. The van der Waals surface area contributed by atoms with Crippen LogP contribution in [0.5, 0.6) is 0 Å². The molecule has 108 valence electrons. The SMILES string of the molecule is CC1CCC(C(C)C)C(C(C(N)O)P(O)(O)=S)C1. The van der Waals surface area contributed by atoms with Gasteiger partial charge in [-0.2, -0.15) is 0 Å². The van der Waals surface area contributed by atoms with Crippen molar-refractivity contribution in [3.05, 3.63) is 0 Å². The van der Waals surface area contributed by atoms with E-state index in [9.17, 15) is 14.9 Å². The van der Waals surface area contributed by atoms with E-state index in [-0.39, 0.29) is 5.92 Å². The van der Waals surface area contributed by atoms with E-state index in [4.69, 9.17) is 17.5 Å². The van der Waals surface area contributed by atoms with Crippen LogP contribution in [0.1, 0.15) is 40.0 Å². The molecular weight excluding hydrogens is 269 g/mol. The van der Waals surface area contributed by atoms with E-state index in [0.29, 0.717) is 17.8 Å². The van der Waals surface area contributed by atoms with Crippen LogP contribution in [-0.2, 0) is 11.8 Å². The Morgan fingerprint density at radius 1 is 1.22 bits per heavy atom. The van der Waals surface area contributed by atoms with Crippen LogP contribution in [0.2, 0.25) is 0 Å². The van der Waals surface area contributed by atoms with Crippen molar-refractivity contribution in [2.24, 2.45) is 29.4 Å². The van der Waals surface area contributed by atoms with Crippen molar-refractivity contribution in [1.82, 2.24) is 0 Å². The Labute approximate surface area is 115 Å². The van der Waals surface area contributed by atoms with Gasteiger partial charge in [-0.25, -0.2) is 0 Å². The van der Waals surface area contributed by atoms with Gasteiger partial charge >= 0.3 is 0 Å². The Kier molecular flexibility index (Phi) is 5.78. The molecule has 0 aromatic carbocycles. The molecule has 1 saturated carbocycles. The zero-order chi connectivity index (χ0) is 14.1. The van der Waals surface area contributed by atoms with Crippen LogP contribution in [0.3, 0.4) is 0 Å². The average Bonchev–Trinajstić information content (AvgIpc) is 2.13. The predicted molar refractivity (Wildman–Crippen MR) is 77.5 cm³/mol. The lowest BCUT2D eigenvalue weighted by molar-refractivity contribution is 0.0747. The monoisotopic (exact) mass is 295 g/mol. The quantitative estimate of drug-likeness (QED) is 0.468. The summed E-state index contributed by atoms with van der Waals surface area (Å²) in [7, 11) is 0. The molecular formula is C12H26NO3PS. The minimum absolute atomic E-state index is 0.00887. The molecule has 0 radical (unpaired) electrons. The molecule has 6 heteroatoms. The van der Waals surface area contributed by atoms with Crippen LogP contribution in [0.4, 0.5) is 0 Å². The Hall–Kier alpha value is 0.490. The summed E-state index contributed by atoms with van der Waals surface area (Å²) in [5.41, 5.74) is 4.80. The summed E-state index contributed by atoms with van der Waals surface area (Å²) < 4.78 is 0. The second kappa shape index (κ2) is 6.29. The molecule has 0 aliphatic heterocycles. The molecule has 5 unspecified atom stereocenters. The number of aliphatic hydroxyl groups is 1. The maximum absolute atomic E-state index is 9.83. The van der Waals surface area contributed by atoms with Crippen molar-refractivity contribution in [3.8, 4) is 0 Å². The maximum atomic E-state index is 9.83. The highest BCUT2D eigenvalue weighted by Gasteiger charge is 2.43. The number of hydrogen-bond donors (Lipinski definition) is 4. The minimum Gasteiger partial charge on any atom is -0.378 e. The second-order valence-corrected chi connectivity index (χ2v) is 9.45. The number of aliphatic hydroxyl groups excluding tert-OH is 1. The second-order valence-electron chi connectivity index (χ2n) is 6.06. The van der Waals surface area contributed by atoms with Crippen molar-refractivity contribution in [2.45, 2.75) is 51.9 Å². The lowest BCUT2D eigenvalue weighted by Gasteiger charge is -2.43. The summed E-state index contributed by atoms with van der Waals surface area (Å²) in [6, 6.07) is 0. The number of nitrogens with two attached hydrogens (primary N) is 1. The molecule has 0 aromatic heterocycles. The molecule has 5 atom stereocenters. The van der Waals surface area contributed by atoms with Gasteiger partial charge < -0.3 is 20.6 Å². The van der Waals surface area contributed by atoms with Crippen molar-refractivity contribution < 1.29 is 14.9 Å². The summed E-state index contributed by atoms with van der Waals surface area (Å²) in [6.45, 7) is 2.87. The molecule has 5 N–H and O–H groups in total. The molecule has 18 heavy (non-hydrogen) atoms. The highest BCUT2D eigenvalue weighted by molar-refractivity contribution is 8.09. The Morgan fingerprint density at radius 3 is 2.17 bits per heavy atom. The summed E-state index contributed by atoms with van der Waals surface area (Å²) in [5, 5.41) is 9.70. The van der Waals surface area contributed by atoms with Crippen molar-refractivity contribution >= 4 is 18.3 Å². The van der Waals surface area contributed by atoms with E-state index >= 15 is 0 Å². The first kappa shape index (κ1) is 16.5. The van der Waals surface area contributed by atoms with E-state index in [1.807, 2.05) is 0 Å². The van der Waals surface area contributed by atoms with E-state index in [0.717, 1.165) is 19.3 Å².